The highest BCUT2D eigenvalue weighted by Gasteiger charge is 2.12. The number of rotatable bonds is 10. The largest absolute Gasteiger partial charge is 0.383 e. The fourth-order valence-corrected chi connectivity index (χ4v) is 3.07. The molecule has 0 unspecified atom stereocenters. The Hall–Kier alpha value is -4.16. The van der Waals surface area contributed by atoms with Crippen LogP contribution in [0.4, 0.5) is 5.95 Å². The molecule has 33 heavy (non-hydrogen) atoms. The van der Waals surface area contributed by atoms with Crippen molar-refractivity contribution in [3.63, 3.8) is 0 Å². The number of nitriles is 1. The summed E-state index contributed by atoms with van der Waals surface area (Å²) in [4.78, 5) is 13.6. The van der Waals surface area contributed by atoms with Crippen molar-refractivity contribution in [1.29, 1.82) is 10.8 Å². The third-order valence-corrected chi connectivity index (χ3v) is 4.49. The van der Waals surface area contributed by atoms with E-state index in [4.69, 9.17) is 10.3 Å². The van der Waals surface area contributed by atoms with Crippen LogP contribution in [0.5, 0.6) is 0 Å². The zero-order valence-corrected chi connectivity index (χ0v) is 18.8. The first-order chi connectivity index (χ1) is 16.0. The molecule has 0 amide bonds. The lowest BCUT2D eigenvalue weighted by atomic mass is 10.1. The quantitative estimate of drug-likeness (QED) is 0.394. The number of nitrogens with zero attached hydrogens (tertiary/aromatic N) is 5. The van der Waals surface area contributed by atoms with Gasteiger partial charge in [0.2, 0.25) is 5.95 Å². The molecule has 2 aromatic heterocycles. The van der Waals surface area contributed by atoms with Crippen molar-refractivity contribution < 1.29 is 4.74 Å². The first-order valence-corrected chi connectivity index (χ1v) is 10.4. The number of aromatic nitrogens is 3. The Morgan fingerprint density at radius 3 is 2.67 bits per heavy atom. The second-order valence-corrected chi connectivity index (χ2v) is 7.53. The highest BCUT2D eigenvalue weighted by molar-refractivity contribution is 5.69. The Morgan fingerprint density at radius 1 is 1.15 bits per heavy atom. The summed E-state index contributed by atoms with van der Waals surface area (Å²) in [5.41, 5.74) is 12.1. The van der Waals surface area contributed by atoms with E-state index >= 15 is 0 Å². The number of nitrogens with one attached hydrogen (secondary N) is 3. The molecule has 0 aliphatic carbocycles. The zero-order valence-electron chi connectivity index (χ0n) is 18.8. The van der Waals surface area contributed by atoms with Crippen LogP contribution in [-0.4, -0.2) is 28.1 Å². The van der Waals surface area contributed by atoms with Crippen molar-refractivity contribution in [2.45, 2.75) is 33.0 Å². The zero-order chi connectivity index (χ0) is 23.6. The van der Waals surface area contributed by atoms with E-state index in [1.807, 2.05) is 44.2 Å². The fraction of sp³-hybridized carbons (Fsp3) is 0.250. The summed E-state index contributed by atoms with van der Waals surface area (Å²) in [6.07, 6.45) is 1.63. The number of anilines is 1. The minimum Gasteiger partial charge on any atom is -0.383 e. The van der Waals surface area contributed by atoms with Gasteiger partial charge in [0.15, 0.2) is 0 Å². The summed E-state index contributed by atoms with van der Waals surface area (Å²) >= 11 is 0. The number of pyridine rings is 1. The molecule has 1 aromatic carbocycles. The van der Waals surface area contributed by atoms with Crippen molar-refractivity contribution in [2.75, 3.05) is 12.4 Å². The number of ether oxygens (including phenoxy) is 1. The lowest BCUT2D eigenvalue weighted by Crippen LogP contribution is -2.14. The van der Waals surface area contributed by atoms with Gasteiger partial charge in [-0.2, -0.15) is 10.4 Å². The Labute approximate surface area is 193 Å². The van der Waals surface area contributed by atoms with Gasteiger partial charge in [0.1, 0.15) is 5.70 Å². The number of benzene rings is 1. The molecule has 0 radical (unpaired) electrons. The van der Waals surface area contributed by atoms with Gasteiger partial charge in [0.25, 0.3) is 0 Å². The van der Waals surface area contributed by atoms with Crippen LogP contribution >= 0.6 is 0 Å². The average Bonchev–Trinajstić information content (AvgIpc) is 2.82. The standard InChI is InChI=1S/C24H26N8O/c1-16(2)28-24-30-21(18-7-4-6-17(10-18)12-25)11-22(31-24)23(32-26)14-27-13-19-8-5-9-20(29-19)15-33-3/h4-11,14,16,26-27H,13,15H2,1-3H3,(H,28,30,31)/b23-14-,32-26?. The first-order valence-electron chi connectivity index (χ1n) is 10.4. The van der Waals surface area contributed by atoms with Crippen LogP contribution in [-0.2, 0) is 17.9 Å². The predicted octanol–water partition coefficient (Wildman–Crippen LogP) is 4.50. The number of hydrogen-bond donors (Lipinski definition) is 3. The lowest BCUT2D eigenvalue weighted by Gasteiger charge is -2.12. The molecule has 3 aromatic rings. The van der Waals surface area contributed by atoms with Crippen molar-refractivity contribution in [1.82, 2.24) is 20.3 Å². The van der Waals surface area contributed by atoms with Gasteiger partial charge in [-0.15, -0.1) is 0 Å². The Morgan fingerprint density at radius 2 is 1.94 bits per heavy atom. The first kappa shape index (κ1) is 23.5. The van der Waals surface area contributed by atoms with Gasteiger partial charge in [0.05, 0.1) is 47.6 Å². The van der Waals surface area contributed by atoms with Gasteiger partial charge in [-0.1, -0.05) is 18.2 Å². The highest BCUT2D eigenvalue weighted by atomic mass is 16.5. The van der Waals surface area contributed by atoms with E-state index < -0.39 is 0 Å². The molecule has 0 aliphatic rings. The van der Waals surface area contributed by atoms with Gasteiger partial charge in [-0.3, -0.25) is 4.98 Å². The SMILES string of the molecule is COCc1cccc(CN/C=C(\N=N)c2cc(-c3cccc(C#N)c3)nc(NC(C)C)n2)n1. The van der Waals surface area contributed by atoms with Crippen LogP contribution in [0.1, 0.15) is 36.5 Å². The third-order valence-electron chi connectivity index (χ3n) is 4.49. The van der Waals surface area contributed by atoms with Crippen LogP contribution in [0.3, 0.4) is 0 Å². The maximum atomic E-state index is 9.24. The van der Waals surface area contributed by atoms with E-state index in [9.17, 15) is 5.26 Å². The second-order valence-electron chi connectivity index (χ2n) is 7.53. The van der Waals surface area contributed by atoms with Crippen LogP contribution in [0, 0.1) is 16.9 Å². The topological polar surface area (TPSA) is 132 Å². The van der Waals surface area contributed by atoms with Crippen molar-refractivity contribution in [2.24, 2.45) is 5.11 Å². The van der Waals surface area contributed by atoms with Gasteiger partial charge in [-0.05, 0) is 44.2 Å². The average molecular weight is 443 g/mol. The van der Waals surface area contributed by atoms with E-state index in [-0.39, 0.29) is 6.04 Å². The van der Waals surface area contributed by atoms with E-state index in [2.05, 4.69) is 36.8 Å². The second kappa shape index (κ2) is 11.5. The van der Waals surface area contributed by atoms with Crippen molar-refractivity contribution in [3.8, 4) is 17.3 Å². The molecular formula is C24H26N8O. The minimum atomic E-state index is 0.113. The van der Waals surface area contributed by atoms with Gasteiger partial charge in [-0.25, -0.2) is 15.5 Å². The normalized spacial score (nSPS) is 11.2. The van der Waals surface area contributed by atoms with Crippen molar-refractivity contribution in [3.05, 3.63) is 77.4 Å². The summed E-state index contributed by atoms with van der Waals surface area (Å²) in [7, 11) is 1.63. The molecule has 0 aliphatic heterocycles. The molecule has 0 spiro atoms. The predicted molar refractivity (Wildman–Crippen MR) is 126 cm³/mol. The molecule has 0 saturated heterocycles. The summed E-state index contributed by atoms with van der Waals surface area (Å²) < 4.78 is 5.13. The molecule has 0 fully saturated rings. The van der Waals surface area contributed by atoms with Crippen LogP contribution < -0.4 is 10.6 Å². The molecule has 168 valence electrons. The Balaban J connectivity index is 1.90. The van der Waals surface area contributed by atoms with E-state index in [0.717, 1.165) is 17.0 Å². The Kier molecular flexibility index (Phi) is 8.16. The maximum absolute atomic E-state index is 9.24. The summed E-state index contributed by atoms with van der Waals surface area (Å²) in [5, 5.41) is 19.3. The van der Waals surface area contributed by atoms with Gasteiger partial charge in [0, 0.05) is 24.9 Å². The van der Waals surface area contributed by atoms with Gasteiger partial charge >= 0.3 is 0 Å². The van der Waals surface area contributed by atoms with Crippen LogP contribution in [0.25, 0.3) is 17.0 Å². The van der Waals surface area contributed by atoms with Crippen LogP contribution in [0.15, 0.2) is 59.8 Å². The molecule has 9 nitrogen and oxygen atoms in total. The fourth-order valence-electron chi connectivity index (χ4n) is 3.07. The molecule has 0 saturated carbocycles. The van der Waals surface area contributed by atoms with Crippen LogP contribution in [0.2, 0.25) is 0 Å². The van der Waals surface area contributed by atoms with E-state index in [1.165, 1.54) is 0 Å². The monoisotopic (exact) mass is 442 g/mol. The highest BCUT2D eigenvalue weighted by Crippen LogP contribution is 2.24. The lowest BCUT2D eigenvalue weighted by molar-refractivity contribution is 0.181. The Bertz CT molecular complexity index is 1180. The molecule has 3 N–H and O–H groups in total. The smallest absolute Gasteiger partial charge is 0.224 e. The minimum absolute atomic E-state index is 0.113. The van der Waals surface area contributed by atoms with E-state index in [1.54, 1.807) is 31.5 Å². The molecule has 9 heteroatoms. The molecular weight excluding hydrogens is 416 g/mol. The molecule has 0 bridgehead atoms. The summed E-state index contributed by atoms with van der Waals surface area (Å²) in [6.45, 7) is 4.88. The van der Waals surface area contributed by atoms with Crippen molar-refractivity contribution >= 4 is 11.6 Å². The molecule has 2 heterocycles. The number of hydrogen-bond acceptors (Lipinski definition) is 9. The molecule has 3 rings (SSSR count). The third kappa shape index (κ3) is 6.66. The summed E-state index contributed by atoms with van der Waals surface area (Å²) in [6, 6.07) is 16.9. The van der Waals surface area contributed by atoms with Gasteiger partial charge < -0.3 is 15.4 Å². The number of methoxy groups -OCH3 is 1. The van der Waals surface area contributed by atoms with E-state index in [0.29, 0.717) is 41.7 Å². The maximum Gasteiger partial charge on any atom is 0.224 e. The summed E-state index contributed by atoms with van der Waals surface area (Å²) in [5.74, 6) is 0.420. The molecule has 0 atom stereocenters.